The quantitative estimate of drug-likeness (QED) is 0.464. The number of esters is 2. The number of aromatic nitrogens is 1. The molecular formula is C26H27N3O5. The summed E-state index contributed by atoms with van der Waals surface area (Å²) < 4.78 is 11.2. The number of carbonyl (C=O) groups excluding carboxylic acids is 3. The van der Waals surface area contributed by atoms with E-state index in [4.69, 9.17) is 9.47 Å². The molecule has 8 heteroatoms. The van der Waals surface area contributed by atoms with Gasteiger partial charge in [-0.05, 0) is 57.1 Å². The lowest BCUT2D eigenvalue weighted by Gasteiger charge is -2.46. The summed E-state index contributed by atoms with van der Waals surface area (Å²) in [6, 6.07) is 15.5. The van der Waals surface area contributed by atoms with Crippen LogP contribution in [0.5, 0.6) is 0 Å². The number of amides is 1. The van der Waals surface area contributed by atoms with Crippen molar-refractivity contribution in [2.45, 2.75) is 32.1 Å². The second-order valence-electron chi connectivity index (χ2n) is 9.21. The molecule has 0 saturated carbocycles. The zero-order valence-corrected chi connectivity index (χ0v) is 19.5. The van der Waals surface area contributed by atoms with Crippen molar-refractivity contribution < 1.29 is 23.9 Å². The minimum Gasteiger partial charge on any atom is -0.394 e. The third kappa shape index (κ3) is 3.54. The number of ether oxygens (including phenoxy) is 2. The number of carbonyl (C=O) groups is 3. The molecule has 1 amide bonds. The molecule has 0 aliphatic carbocycles. The van der Waals surface area contributed by atoms with Gasteiger partial charge >= 0.3 is 17.8 Å². The number of hydrogen-bond donors (Lipinski definition) is 1. The summed E-state index contributed by atoms with van der Waals surface area (Å²) in [4.78, 5) is 45.0. The minimum absolute atomic E-state index is 0.155. The Hall–Kier alpha value is -3.65. The molecule has 1 saturated heterocycles. The average Bonchev–Trinajstić information content (AvgIpc) is 3.27. The number of H-pyrrole nitrogens is 1. The van der Waals surface area contributed by atoms with Gasteiger partial charge in [-0.15, -0.1) is 0 Å². The van der Waals surface area contributed by atoms with E-state index in [2.05, 4.69) is 4.98 Å². The predicted molar refractivity (Wildman–Crippen MR) is 126 cm³/mol. The predicted octanol–water partition coefficient (Wildman–Crippen LogP) is 2.93. The zero-order chi connectivity index (χ0) is 24.0. The average molecular weight is 462 g/mol. The summed E-state index contributed by atoms with van der Waals surface area (Å²) in [5, 5.41) is 1.07. The summed E-state index contributed by atoms with van der Waals surface area (Å²) in [7, 11) is 3.78. The number of anilines is 1. The number of hydrogen-bond acceptors (Lipinski definition) is 6. The van der Waals surface area contributed by atoms with E-state index in [1.54, 1.807) is 6.07 Å². The Morgan fingerprint density at radius 1 is 1.09 bits per heavy atom. The van der Waals surface area contributed by atoms with Gasteiger partial charge in [-0.3, -0.25) is 4.79 Å². The third-order valence-corrected chi connectivity index (χ3v) is 6.62. The van der Waals surface area contributed by atoms with E-state index in [1.807, 2.05) is 68.4 Å². The Kier molecular flexibility index (Phi) is 5.40. The van der Waals surface area contributed by atoms with Gasteiger partial charge < -0.3 is 19.4 Å². The molecular weight excluding hydrogens is 434 g/mol. The first-order valence-corrected chi connectivity index (χ1v) is 11.4. The molecule has 2 aliphatic heterocycles. The highest BCUT2D eigenvalue weighted by Gasteiger charge is 2.62. The molecule has 34 heavy (non-hydrogen) atoms. The molecule has 1 spiro atoms. The molecule has 1 fully saturated rings. The van der Waals surface area contributed by atoms with Gasteiger partial charge in [0.2, 0.25) is 5.91 Å². The largest absolute Gasteiger partial charge is 0.422 e. The smallest absolute Gasteiger partial charge is 0.394 e. The Morgan fingerprint density at radius 2 is 1.76 bits per heavy atom. The maximum absolute atomic E-state index is 13.8. The van der Waals surface area contributed by atoms with E-state index >= 15 is 0 Å². The zero-order valence-electron chi connectivity index (χ0n) is 19.5. The van der Waals surface area contributed by atoms with E-state index in [1.165, 1.54) is 4.90 Å². The lowest BCUT2D eigenvalue weighted by atomic mass is 9.87. The fourth-order valence-electron chi connectivity index (χ4n) is 5.20. The number of nitrogens with one attached hydrogen (secondary N) is 1. The molecule has 0 radical (unpaired) electrons. The molecule has 3 heterocycles. The molecule has 1 aromatic heterocycles. The first-order valence-electron chi connectivity index (χ1n) is 11.4. The molecule has 3 aromatic rings. The number of benzene rings is 2. The summed E-state index contributed by atoms with van der Waals surface area (Å²) in [5.74, 6) is -4.66. The van der Waals surface area contributed by atoms with Crippen LogP contribution in [0, 0.1) is 12.8 Å². The molecule has 2 aliphatic rings. The number of aryl methyl sites for hydroxylation is 2. The maximum atomic E-state index is 13.8. The fourth-order valence-corrected chi connectivity index (χ4v) is 5.20. The Morgan fingerprint density at radius 3 is 2.50 bits per heavy atom. The van der Waals surface area contributed by atoms with Crippen LogP contribution in [0.25, 0.3) is 10.9 Å². The lowest BCUT2D eigenvalue weighted by molar-refractivity contribution is -0.206. The van der Waals surface area contributed by atoms with Crippen molar-refractivity contribution in [1.29, 1.82) is 0 Å². The lowest BCUT2D eigenvalue weighted by Crippen LogP contribution is -2.63. The second kappa shape index (κ2) is 8.29. The van der Waals surface area contributed by atoms with Gasteiger partial charge in [-0.25, -0.2) is 14.5 Å². The Labute approximate surface area is 197 Å². The fraction of sp³-hybridized carbons (Fsp3) is 0.346. The van der Waals surface area contributed by atoms with E-state index in [9.17, 15) is 14.4 Å². The SMILES string of the molecule is Cc1[nH]c2ccccc2c1CCC(=O)N1c2ccccc2CC(CN(C)C)C12OC(=O)C(=O)O2. The molecule has 1 atom stereocenters. The highest BCUT2D eigenvalue weighted by molar-refractivity contribution is 6.31. The summed E-state index contributed by atoms with van der Waals surface area (Å²) in [6.45, 7) is 2.45. The normalized spacial score (nSPS) is 18.9. The molecule has 2 aromatic carbocycles. The number of fused-ring (bicyclic) bond motifs is 2. The van der Waals surface area contributed by atoms with Crippen LogP contribution in [0.15, 0.2) is 48.5 Å². The second-order valence-corrected chi connectivity index (χ2v) is 9.21. The minimum atomic E-state index is -1.79. The van der Waals surface area contributed by atoms with Crippen LogP contribution in [-0.4, -0.2) is 54.3 Å². The van der Waals surface area contributed by atoms with Crippen LogP contribution in [0.2, 0.25) is 0 Å². The molecule has 1 unspecified atom stereocenters. The Bertz CT molecular complexity index is 1280. The molecule has 0 bridgehead atoms. The van der Waals surface area contributed by atoms with Crippen LogP contribution in [-0.2, 0) is 36.7 Å². The highest BCUT2D eigenvalue weighted by Crippen LogP contribution is 2.45. The van der Waals surface area contributed by atoms with Crippen molar-refractivity contribution in [2.75, 3.05) is 25.5 Å². The number of rotatable bonds is 5. The molecule has 5 rings (SSSR count). The number of para-hydroxylation sites is 2. The van der Waals surface area contributed by atoms with Crippen LogP contribution >= 0.6 is 0 Å². The van der Waals surface area contributed by atoms with Crippen molar-refractivity contribution >= 4 is 34.4 Å². The van der Waals surface area contributed by atoms with Gasteiger partial charge in [0.05, 0.1) is 11.6 Å². The Balaban J connectivity index is 1.53. The van der Waals surface area contributed by atoms with E-state index in [0.717, 1.165) is 27.7 Å². The highest BCUT2D eigenvalue weighted by atomic mass is 16.8. The number of aromatic amines is 1. The van der Waals surface area contributed by atoms with Crippen LogP contribution < -0.4 is 4.90 Å². The van der Waals surface area contributed by atoms with Gasteiger partial charge in [-0.1, -0.05) is 36.4 Å². The van der Waals surface area contributed by atoms with E-state index < -0.39 is 23.8 Å². The van der Waals surface area contributed by atoms with Gasteiger partial charge in [-0.2, -0.15) is 0 Å². The standard InChI is InChI=1S/C26H27N3O5/c1-16-19(20-9-5-6-10-21(20)27-16)12-13-23(30)29-22-11-7-4-8-17(22)14-18(15-28(2)3)26(29)33-24(31)25(32)34-26/h4-11,18,27H,12-15H2,1-3H3. The summed E-state index contributed by atoms with van der Waals surface area (Å²) in [5.41, 5.74) is 4.63. The topological polar surface area (TPSA) is 91.9 Å². The first-order chi connectivity index (χ1) is 16.3. The van der Waals surface area contributed by atoms with E-state index in [0.29, 0.717) is 25.1 Å². The van der Waals surface area contributed by atoms with Crippen LogP contribution in [0.4, 0.5) is 5.69 Å². The molecule has 8 nitrogen and oxygen atoms in total. The summed E-state index contributed by atoms with van der Waals surface area (Å²) in [6.07, 6.45) is 1.15. The monoisotopic (exact) mass is 461 g/mol. The summed E-state index contributed by atoms with van der Waals surface area (Å²) >= 11 is 0. The van der Waals surface area contributed by atoms with Crippen molar-refractivity contribution in [3.05, 3.63) is 65.4 Å². The van der Waals surface area contributed by atoms with Crippen LogP contribution in [0.3, 0.4) is 0 Å². The first kappa shape index (κ1) is 22.2. The van der Waals surface area contributed by atoms with Gasteiger partial charge in [0.25, 0.3) is 0 Å². The third-order valence-electron chi connectivity index (χ3n) is 6.62. The van der Waals surface area contributed by atoms with Crippen molar-refractivity contribution in [1.82, 2.24) is 9.88 Å². The van der Waals surface area contributed by atoms with Crippen molar-refractivity contribution in [2.24, 2.45) is 5.92 Å². The van der Waals surface area contributed by atoms with Crippen molar-refractivity contribution in [3.63, 3.8) is 0 Å². The number of nitrogens with zero attached hydrogens (tertiary/aromatic N) is 2. The van der Waals surface area contributed by atoms with E-state index in [-0.39, 0.29) is 12.3 Å². The van der Waals surface area contributed by atoms with Crippen LogP contribution in [0.1, 0.15) is 23.2 Å². The van der Waals surface area contributed by atoms with Gasteiger partial charge in [0, 0.05) is 29.6 Å². The van der Waals surface area contributed by atoms with Crippen molar-refractivity contribution in [3.8, 4) is 0 Å². The molecule has 176 valence electrons. The van der Waals surface area contributed by atoms with Gasteiger partial charge in [0.1, 0.15) is 0 Å². The van der Waals surface area contributed by atoms with Gasteiger partial charge in [0.15, 0.2) is 0 Å². The maximum Gasteiger partial charge on any atom is 0.422 e. The molecule has 1 N–H and O–H groups in total.